The molecule has 0 atom stereocenters. The summed E-state index contributed by atoms with van der Waals surface area (Å²) in [6.45, 7) is 3.98. The van der Waals surface area contributed by atoms with E-state index in [9.17, 15) is 0 Å². The van der Waals surface area contributed by atoms with Crippen LogP contribution in [0.4, 0.5) is 0 Å². The van der Waals surface area contributed by atoms with Gasteiger partial charge in [-0.1, -0.05) is 0 Å². The molecule has 0 fully saturated rings. The molecule has 0 bridgehead atoms. The SMILES string of the molecule is CC(C)Oc1ccc(-c2ccoc2)nc1. The van der Waals surface area contributed by atoms with E-state index in [2.05, 4.69) is 4.98 Å². The highest BCUT2D eigenvalue weighted by molar-refractivity contribution is 5.57. The highest BCUT2D eigenvalue weighted by Crippen LogP contribution is 2.20. The summed E-state index contributed by atoms with van der Waals surface area (Å²) in [4.78, 5) is 4.29. The minimum absolute atomic E-state index is 0.173. The number of rotatable bonds is 3. The van der Waals surface area contributed by atoms with E-state index >= 15 is 0 Å². The van der Waals surface area contributed by atoms with Crippen molar-refractivity contribution in [2.75, 3.05) is 0 Å². The predicted octanol–water partition coefficient (Wildman–Crippen LogP) is 3.13. The summed E-state index contributed by atoms with van der Waals surface area (Å²) in [7, 11) is 0. The molecule has 0 spiro atoms. The van der Waals surface area contributed by atoms with Crippen LogP contribution in [0.2, 0.25) is 0 Å². The molecule has 3 heteroatoms. The first kappa shape index (κ1) is 9.77. The van der Waals surface area contributed by atoms with Crippen molar-refractivity contribution in [2.45, 2.75) is 20.0 Å². The quantitative estimate of drug-likeness (QED) is 0.768. The molecule has 0 saturated heterocycles. The third-order valence-electron chi connectivity index (χ3n) is 1.93. The smallest absolute Gasteiger partial charge is 0.138 e. The molecule has 2 heterocycles. The van der Waals surface area contributed by atoms with Gasteiger partial charge in [0.15, 0.2) is 0 Å². The normalized spacial score (nSPS) is 10.6. The van der Waals surface area contributed by atoms with Gasteiger partial charge in [0.2, 0.25) is 0 Å². The molecule has 3 nitrogen and oxygen atoms in total. The van der Waals surface area contributed by atoms with Gasteiger partial charge in [-0.2, -0.15) is 0 Å². The van der Waals surface area contributed by atoms with Crippen LogP contribution in [0.25, 0.3) is 11.3 Å². The zero-order valence-electron chi connectivity index (χ0n) is 8.81. The molecule has 2 aromatic heterocycles. The van der Waals surface area contributed by atoms with Crippen molar-refractivity contribution in [1.29, 1.82) is 0 Å². The molecule has 0 N–H and O–H groups in total. The number of hydrogen-bond acceptors (Lipinski definition) is 3. The Morgan fingerprint density at radius 3 is 2.67 bits per heavy atom. The van der Waals surface area contributed by atoms with Gasteiger partial charge in [-0.25, -0.2) is 0 Å². The molecule has 15 heavy (non-hydrogen) atoms. The van der Waals surface area contributed by atoms with Crippen LogP contribution in [0.15, 0.2) is 41.3 Å². The van der Waals surface area contributed by atoms with E-state index in [1.807, 2.05) is 32.0 Å². The van der Waals surface area contributed by atoms with Gasteiger partial charge in [0.25, 0.3) is 0 Å². The maximum atomic E-state index is 5.50. The van der Waals surface area contributed by atoms with Crippen molar-refractivity contribution in [2.24, 2.45) is 0 Å². The summed E-state index contributed by atoms with van der Waals surface area (Å²) >= 11 is 0. The third kappa shape index (κ3) is 2.37. The van der Waals surface area contributed by atoms with Crippen LogP contribution >= 0.6 is 0 Å². The molecular weight excluding hydrogens is 190 g/mol. The van der Waals surface area contributed by atoms with E-state index in [-0.39, 0.29) is 6.10 Å². The molecule has 0 radical (unpaired) electrons. The van der Waals surface area contributed by atoms with Crippen molar-refractivity contribution < 1.29 is 9.15 Å². The van der Waals surface area contributed by atoms with Crippen molar-refractivity contribution >= 4 is 0 Å². The highest BCUT2D eigenvalue weighted by atomic mass is 16.5. The Bertz CT molecular complexity index is 404. The summed E-state index contributed by atoms with van der Waals surface area (Å²) in [5, 5.41) is 0. The molecular formula is C12H13NO2. The van der Waals surface area contributed by atoms with Gasteiger partial charge in [0.1, 0.15) is 5.75 Å². The number of furan rings is 1. The molecule has 0 aliphatic carbocycles. The van der Waals surface area contributed by atoms with Crippen LogP contribution in [-0.4, -0.2) is 11.1 Å². The fraction of sp³-hybridized carbons (Fsp3) is 0.250. The minimum Gasteiger partial charge on any atom is -0.489 e. The molecule has 0 saturated carbocycles. The van der Waals surface area contributed by atoms with E-state index in [0.717, 1.165) is 17.0 Å². The van der Waals surface area contributed by atoms with Crippen LogP contribution in [0, 0.1) is 0 Å². The molecule has 78 valence electrons. The maximum Gasteiger partial charge on any atom is 0.138 e. The second-order valence-corrected chi connectivity index (χ2v) is 3.56. The largest absolute Gasteiger partial charge is 0.489 e. The van der Waals surface area contributed by atoms with Crippen molar-refractivity contribution in [3.8, 4) is 17.0 Å². The molecule has 0 unspecified atom stereocenters. The Balaban J connectivity index is 2.17. The zero-order chi connectivity index (χ0) is 10.7. The number of pyridine rings is 1. The predicted molar refractivity (Wildman–Crippen MR) is 57.7 cm³/mol. The van der Waals surface area contributed by atoms with Crippen molar-refractivity contribution in [1.82, 2.24) is 4.98 Å². The Morgan fingerprint density at radius 1 is 1.27 bits per heavy atom. The summed E-state index contributed by atoms with van der Waals surface area (Å²) in [5.74, 6) is 0.789. The molecule has 2 aromatic rings. The number of aromatic nitrogens is 1. The molecule has 2 rings (SSSR count). The summed E-state index contributed by atoms with van der Waals surface area (Å²) < 4.78 is 10.5. The zero-order valence-corrected chi connectivity index (χ0v) is 8.81. The Morgan fingerprint density at radius 2 is 2.13 bits per heavy atom. The number of hydrogen-bond donors (Lipinski definition) is 0. The van der Waals surface area contributed by atoms with Gasteiger partial charge in [0.05, 0.1) is 30.5 Å². The monoisotopic (exact) mass is 203 g/mol. The summed E-state index contributed by atoms with van der Waals surface area (Å²) in [6.07, 6.45) is 5.20. The summed E-state index contributed by atoms with van der Waals surface area (Å²) in [5.41, 5.74) is 1.87. The van der Waals surface area contributed by atoms with Gasteiger partial charge in [-0.3, -0.25) is 4.98 Å². The first-order valence-corrected chi connectivity index (χ1v) is 4.91. The van der Waals surface area contributed by atoms with E-state index < -0.39 is 0 Å². The van der Waals surface area contributed by atoms with E-state index in [4.69, 9.17) is 9.15 Å². The fourth-order valence-electron chi connectivity index (χ4n) is 1.30. The maximum absolute atomic E-state index is 5.50. The fourth-order valence-corrected chi connectivity index (χ4v) is 1.30. The van der Waals surface area contributed by atoms with Crippen LogP contribution in [-0.2, 0) is 0 Å². The molecule has 0 aliphatic rings. The van der Waals surface area contributed by atoms with Crippen LogP contribution in [0.5, 0.6) is 5.75 Å². The van der Waals surface area contributed by atoms with Crippen LogP contribution in [0.3, 0.4) is 0 Å². The second-order valence-electron chi connectivity index (χ2n) is 3.56. The second kappa shape index (κ2) is 4.17. The third-order valence-corrected chi connectivity index (χ3v) is 1.93. The van der Waals surface area contributed by atoms with Crippen LogP contribution in [0.1, 0.15) is 13.8 Å². The average Bonchev–Trinajstić information content (AvgIpc) is 2.71. The lowest BCUT2D eigenvalue weighted by molar-refractivity contribution is 0.241. The Hall–Kier alpha value is -1.77. The van der Waals surface area contributed by atoms with E-state index in [1.165, 1.54) is 0 Å². The van der Waals surface area contributed by atoms with Gasteiger partial charge < -0.3 is 9.15 Å². The van der Waals surface area contributed by atoms with Crippen molar-refractivity contribution in [3.05, 3.63) is 36.9 Å². The van der Waals surface area contributed by atoms with Gasteiger partial charge in [-0.05, 0) is 32.0 Å². The molecule has 0 aromatic carbocycles. The lowest BCUT2D eigenvalue weighted by Crippen LogP contribution is -2.05. The first-order valence-electron chi connectivity index (χ1n) is 4.91. The number of nitrogens with zero attached hydrogens (tertiary/aromatic N) is 1. The minimum atomic E-state index is 0.173. The average molecular weight is 203 g/mol. The van der Waals surface area contributed by atoms with Gasteiger partial charge >= 0.3 is 0 Å². The van der Waals surface area contributed by atoms with Gasteiger partial charge in [-0.15, -0.1) is 0 Å². The Labute approximate surface area is 88.7 Å². The van der Waals surface area contributed by atoms with Crippen LogP contribution < -0.4 is 4.74 Å². The van der Waals surface area contributed by atoms with Crippen molar-refractivity contribution in [3.63, 3.8) is 0 Å². The summed E-state index contributed by atoms with van der Waals surface area (Å²) in [6, 6.07) is 5.71. The van der Waals surface area contributed by atoms with Gasteiger partial charge in [0, 0.05) is 5.56 Å². The Kier molecular flexibility index (Phi) is 2.72. The molecule has 0 aliphatic heterocycles. The lowest BCUT2D eigenvalue weighted by Gasteiger charge is -2.08. The van der Waals surface area contributed by atoms with E-state index in [1.54, 1.807) is 18.7 Å². The first-order chi connectivity index (χ1) is 7.25. The molecule has 0 amide bonds. The lowest BCUT2D eigenvalue weighted by atomic mass is 10.2. The number of ether oxygens (including phenoxy) is 1. The topological polar surface area (TPSA) is 35.3 Å². The standard InChI is InChI=1S/C12H13NO2/c1-9(2)15-11-3-4-12(13-7-11)10-5-6-14-8-10/h3-9H,1-2H3. The van der Waals surface area contributed by atoms with E-state index in [0.29, 0.717) is 0 Å². The highest BCUT2D eigenvalue weighted by Gasteiger charge is 2.02.